The van der Waals surface area contributed by atoms with Crippen molar-refractivity contribution in [3.63, 3.8) is 0 Å². The van der Waals surface area contributed by atoms with Crippen LogP contribution in [0.3, 0.4) is 0 Å². The molecule has 8 nitrogen and oxygen atoms in total. The van der Waals surface area contributed by atoms with Gasteiger partial charge in [0.1, 0.15) is 18.0 Å². The molecule has 0 saturated carbocycles. The van der Waals surface area contributed by atoms with Gasteiger partial charge in [-0.3, -0.25) is 0 Å². The zero-order valence-corrected chi connectivity index (χ0v) is 14.3. The number of rotatable bonds is 8. The maximum absolute atomic E-state index is 9.47. The van der Waals surface area contributed by atoms with Crippen LogP contribution in [-0.4, -0.2) is 70.7 Å². The third kappa shape index (κ3) is 3.76. The van der Waals surface area contributed by atoms with E-state index in [9.17, 15) is 5.11 Å². The molecule has 1 aliphatic heterocycles. The summed E-state index contributed by atoms with van der Waals surface area (Å²) in [5.74, 6) is 2.42. The Balaban J connectivity index is 1.92. The molecule has 0 aromatic carbocycles. The molecule has 0 spiro atoms. The molecule has 1 saturated heterocycles. The second-order valence-corrected chi connectivity index (χ2v) is 5.96. The third-order valence-electron chi connectivity index (χ3n) is 4.28. The number of morpholine rings is 1. The van der Waals surface area contributed by atoms with E-state index >= 15 is 0 Å². The van der Waals surface area contributed by atoms with Crippen molar-refractivity contribution >= 4 is 17.4 Å². The van der Waals surface area contributed by atoms with Crippen LogP contribution in [0, 0.1) is 0 Å². The molecular formula is C16H26N6O2. The summed E-state index contributed by atoms with van der Waals surface area (Å²) < 4.78 is 7.18. The zero-order chi connectivity index (χ0) is 16.8. The highest BCUT2D eigenvalue weighted by atomic mass is 16.5. The normalized spacial score (nSPS) is 15.2. The number of aliphatic hydroxyl groups excluding tert-OH is 1. The lowest BCUT2D eigenvalue weighted by molar-refractivity contribution is 0.122. The number of aromatic nitrogens is 4. The van der Waals surface area contributed by atoms with Gasteiger partial charge in [0.05, 0.1) is 19.8 Å². The topological polar surface area (TPSA) is 79.0 Å². The summed E-state index contributed by atoms with van der Waals surface area (Å²) in [5.41, 5.74) is 0. The van der Waals surface area contributed by atoms with Gasteiger partial charge in [-0.1, -0.05) is 19.8 Å². The Morgan fingerprint density at radius 1 is 1.25 bits per heavy atom. The maximum Gasteiger partial charge on any atom is 0.256 e. The number of hydrogen-bond donors (Lipinski definition) is 1. The van der Waals surface area contributed by atoms with Crippen molar-refractivity contribution in [2.45, 2.75) is 26.2 Å². The molecule has 2 aromatic heterocycles. The molecule has 0 amide bonds. The van der Waals surface area contributed by atoms with Crippen LogP contribution in [0.4, 0.5) is 11.6 Å². The van der Waals surface area contributed by atoms with Gasteiger partial charge in [0.25, 0.3) is 5.78 Å². The van der Waals surface area contributed by atoms with Gasteiger partial charge >= 0.3 is 0 Å². The molecule has 0 radical (unpaired) electrons. The fourth-order valence-electron chi connectivity index (χ4n) is 2.98. The molecule has 0 atom stereocenters. The van der Waals surface area contributed by atoms with E-state index in [0.717, 1.165) is 37.7 Å². The number of ether oxygens (including phenoxy) is 1. The van der Waals surface area contributed by atoms with Gasteiger partial charge in [-0.05, 0) is 6.42 Å². The van der Waals surface area contributed by atoms with Crippen molar-refractivity contribution in [2.75, 3.05) is 55.8 Å². The molecule has 0 aliphatic carbocycles. The minimum atomic E-state index is 0.109. The number of nitrogens with zero attached hydrogens (tertiary/aromatic N) is 6. The summed E-state index contributed by atoms with van der Waals surface area (Å²) in [7, 11) is 0. The molecule has 24 heavy (non-hydrogen) atoms. The summed E-state index contributed by atoms with van der Waals surface area (Å²) in [6.45, 7) is 6.84. The Labute approximate surface area is 142 Å². The molecule has 1 fully saturated rings. The summed E-state index contributed by atoms with van der Waals surface area (Å²) in [6, 6.07) is 2.05. The summed E-state index contributed by atoms with van der Waals surface area (Å²) in [4.78, 5) is 13.3. The van der Waals surface area contributed by atoms with Crippen molar-refractivity contribution in [1.29, 1.82) is 0 Å². The monoisotopic (exact) mass is 334 g/mol. The van der Waals surface area contributed by atoms with Gasteiger partial charge < -0.3 is 19.6 Å². The summed E-state index contributed by atoms with van der Waals surface area (Å²) >= 11 is 0. The Morgan fingerprint density at radius 3 is 2.83 bits per heavy atom. The quantitative estimate of drug-likeness (QED) is 0.720. The van der Waals surface area contributed by atoms with E-state index in [0.29, 0.717) is 25.5 Å². The first-order valence-corrected chi connectivity index (χ1v) is 8.72. The first-order valence-electron chi connectivity index (χ1n) is 8.72. The molecular weight excluding hydrogens is 308 g/mol. The first-order chi connectivity index (χ1) is 11.8. The minimum Gasteiger partial charge on any atom is -0.395 e. The Bertz CT molecular complexity index is 641. The molecule has 132 valence electrons. The lowest BCUT2D eigenvalue weighted by Gasteiger charge is -2.30. The number of aliphatic hydroxyl groups is 1. The van der Waals surface area contributed by atoms with E-state index in [1.165, 1.54) is 19.2 Å². The van der Waals surface area contributed by atoms with Gasteiger partial charge in [0.15, 0.2) is 0 Å². The van der Waals surface area contributed by atoms with Crippen LogP contribution >= 0.6 is 0 Å². The SMILES string of the molecule is CCCCCN(CCO)c1cc(N2CCOCC2)nc2ncnn12. The van der Waals surface area contributed by atoms with E-state index in [2.05, 4.69) is 37.9 Å². The molecule has 8 heteroatoms. The van der Waals surface area contributed by atoms with Gasteiger partial charge in [-0.25, -0.2) is 0 Å². The van der Waals surface area contributed by atoms with Gasteiger partial charge in [-0.15, -0.1) is 0 Å². The number of hydrogen-bond acceptors (Lipinski definition) is 7. The van der Waals surface area contributed by atoms with E-state index in [1.54, 1.807) is 4.52 Å². The van der Waals surface area contributed by atoms with Crippen molar-refractivity contribution < 1.29 is 9.84 Å². The highest BCUT2D eigenvalue weighted by Crippen LogP contribution is 2.22. The Kier molecular flexibility index (Phi) is 5.81. The number of fused-ring (bicyclic) bond motifs is 1. The van der Waals surface area contributed by atoms with Crippen LogP contribution in [0.2, 0.25) is 0 Å². The third-order valence-corrected chi connectivity index (χ3v) is 4.28. The van der Waals surface area contributed by atoms with Gasteiger partial charge in [0.2, 0.25) is 0 Å². The largest absolute Gasteiger partial charge is 0.395 e. The molecule has 2 aromatic rings. The first kappa shape index (κ1) is 16.9. The van der Waals surface area contributed by atoms with Crippen molar-refractivity contribution in [1.82, 2.24) is 19.6 Å². The Morgan fingerprint density at radius 2 is 2.08 bits per heavy atom. The predicted molar refractivity (Wildman–Crippen MR) is 92.6 cm³/mol. The molecule has 0 unspecified atom stereocenters. The average molecular weight is 334 g/mol. The Hall–Kier alpha value is -1.93. The van der Waals surface area contributed by atoms with Crippen molar-refractivity contribution in [2.24, 2.45) is 0 Å². The second kappa shape index (κ2) is 8.25. The van der Waals surface area contributed by atoms with E-state index in [1.807, 2.05) is 0 Å². The average Bonchev–Trinajstić information content (AvgIpc) is 3.10. The van der Waals surface area contributed by atoms with Crippen LogP contribution < -0.4 is 9.80 Å². The smallest absolute Gasteiger partial charge is 0.256 e. The van der Waals surface area contributed by atoms with Crippen LogP contribution in [0.25, 0.3) is 5.78 Å². The fourth-order valence-corrected chi connectivity index (χ4v) is 2.98. The van der Waals surface area contributed by atoms with E-state index in [4.69, 9.17) is 4.74 Å². The van der Waals surface area contributed by atoms with Crippen molar-refractivity contribution in [3.05, 3.63) is 12.4 Å². The molecule has 0 bridgehead atoms. The standard InChI is InChI=1S/C16H26N6O2/c1-2-3-4-5-21(6-9-23)15-12-14(20-7-10-24-11-8-20)19-16-17-13-18-22(15)16/h12-13,23H,2-11H2,1H3. The lowest BCUT2D eigenvalue weighted by atomic mass is 10.2. The highest BCUT2D eigenvalue weighted by Gasteiger charge is 2.18. The fraction of sp³-hybridized carbons (Fsp3) is 0.688. The lowest BCUT2D eigenvalue weighted by Crippen LogP contribution is -2.37. The van der Waals surface area contributed by atoms with Crippen LogP contribution in [0.1, 0.15) is 26.2 Å². The van der Waals surface area contributed by atoms with Gasteiger partial charge in [0, 0.05) is 32.2 Å². The maximum atomic E-state index is 9.47. The van der Waals surface area contributed by atoms with Crippen LogP contribution in [-0.2, 0) is 4.74 Å². The minimum absolute atomic E-state index is 0.109. The van der Waals surface area contributed by atoms with E-state index < -0.39 is 0 Å². The predicted octanol–water partition coefficient (Wildman–Crippen LogP) is 0.950. The molecule has 1 N–H and O–H groups in total. The van der Waals surface area contributed by atoms with Crippen molar-refractivity contribution in [3.8, 4) is 0 Å². The van der Waals surface area contributed by atoms with E-state index in [-0.39, 0.29) is 6.61 Å². The molecule has 3 rings (SSSR count). The zero-order valence-electron chi connectivity index (χ0n) is 14.3. The summed E-state index contributed by atoms with van der Waals surface area (Å²) in [5, 5.41) is 13.8. The number of anilines is 2. The highest BCUT2D eigenvalue weighted by molar-refractivity contribution is 5.57. The molecule has 3 heterocycles. The summed E-state index contributed by atoms with van der Waals surface area (Å²) in [6.07, 6.45) is 4.95. The van der Waals surface area contributed by atoms with Crippen LogP contribution in [0.15, 0.2) is 12.4 Å². The van der Waals surface area contributed by atoms with Crippen LogP contribution in [0.5, 0.6) is 0 Å². The second-order valence-electron chi connectivity index (χ2n) is 5.96. The number of unbranched alkanes of at least 4 members (excludes halogenated alkanes) is 2. The van der Waals surface area contributed by atoms with Gasteiger partial charge in [-0.2, -0.15) is 19.6 Å². The molecule has 1 aliphatic rings.